The first-order valence-electron chi connectivity index (χ1n) is 6.90. The van der Waals surface area contributed by atoms with E-state index < -0.39 is 5.97 Å². The van der Waals surface area contributed by atoms with Gasteiger partial charge in [-0.15, -0.1) is 0 Å². The highest BCUT2D eigenvalue weighted by Gasteiger charge is 2.21. The van der Waals surface area contributed by atoms with Gasteiger partial charge in [0, 0.05) is 19.6 Å². The first-order valence-corrected chi connectivity index (χ1v) is 7.27. The average Bonchev–Trinajstić information content (AvgIpc) is 2.39. The molecule has 0 spiro atoms. The molecule has 20 heavy (non-hydrogen) atoms. The molecule has 1 heterocycles. The van der Waals surface area contributed by atoms with E-state index in [4.69, 9.17) is 16.7 Å². The summed E-state index contributed by atoms with van der Waals surface area (Å²) in [7, 11) is 4.21. The standard InChI is InChI=1S/C15H21ClN2O2/c1-17(2)10-11-5-7-18(8-6-11)14-4-3-12(15(19)20)9-13(14)16/h3-4,9,11H,5-8,10H2,1-2H3,(H,19,20). The molecule has 1 N–H and O–H groups in total. The predicted octanol–water partition coefficient (Wildman–Crippen LogP) is 2.82. The third-order valence-corrected chi connectivity index (χ3v) is 4.08. The Labute approximate surface area is 124 Å². The molecule has 1 aromatic carbocycles. The second-order valence-corrected chi connectivity index (χ2v) is 6.07. The topological polar surface area (TPSA) is 43.8 Å². The molecule has 0 saturated carbocycles. The van der Waals surface area contributed by atoms with Crippen molar-refractivity contribution in [3.05, 3.63) is 28.8 Å². The summed E-state index contributed by atoms with van der Waals surface area (Å²) in [5, 5.41) is 9.48. The number of rotatable bonds is 4. The molecule has 2 rings (SSSR count). The minimum atomic E-state index is -0.942. The van der Waals surface area contributed by atoms with Crippen LogP contribution in [0.4, 0.5) is 5.69 Å². The van der Waals surface area contributed by atoms with Crippen molar-refractivity contribution in [3.63, 3.8) is 0 Å². The van der Waals surface area contributed by atoms with Gasteiger partial charge < -0.3 is 14.9 Å². The van der Waals surface area contributed by atoms with Crippen LogP contribution >= 0.6 is 11.6 Å². The number of carboxylic acid groups (broad SMARTS) is 1. The molecule has 1 aromatic rings. The number of benzene rings is 1. The highest BCUT2D eigenvalue weighted by atomic mass is 35.5. The zero-order chi connectivity index (χ0) is 14.7. The minimum Gasteiger partial charge on any atom is -0.478 e. The van der Waals surface area contributed by atoms with Crippen LogP contribution in [0.5, 0.6) is 0 Å². The number of hydrogen-bond donors (Lipinski definition) is 1. The van der Waals surface area contributed by atoms with Gasteiger partial charge in [-0.1, -0.05) is 11.6 Å². The number of nitrogens with zero attached hydrogens (tertiary/aromatic N) is 2. The fraction of sp³-hybridized carbons (Fsp3) is 0.533. The van der Waals surface area contributed by atoms with Gasteiger partial charge in [-0.25, -0.2) is 4.79 Å². The molecule has 1 aliphatic rings. The Morgan fingerprint density at radius 3 is 2.55 bits per heavy atom. The lowest BCUT2D eigenvalue weighted by molar-refractivity contribution is 0.0697. The summed E-state index contributed by atoms with van der Waals surface area (Å²) < 4.78 is 0. The second-order valence-electron chi connectivity index (χ2n) is 5.66. The van der Waals surface area contributed by atoms with E-state index in [1.54, 1.807) is 6.07 Å². The molecular weight excluding hydrogens is 276 g/mol. The second kappa shape index (κ2) is 6.46. The fourth-order valence-corrected chi connectivity index (χ4v) is 3.07. The quantitative estimate of drug-likeness (QED) is 0.928. The van der Waals surface area contributed by atoms with Crippen LogP contribution in [0, 0.1) is 5.92 Å². The zero-order valence-corrected chi connectivity index (χ0v) is 12.7. The van der Waals surface area contributed by atoms with Gasteiger partial charge in [-0.3, -0.25) is 0 Å². The molecule has 0 amide bonds. The number of carboxylic acids is 1. The van der Waals surface area contributed by atoms with Gasteiger partial charge in [0.15, 0.2) is 0 Å². The molecule has 1 fully saturated rings. The third kappa shape index (κ3) is 3.64. The van der Waals surface area contributed by atoms with Crippen LogP contribution < -0.4 is 4.90 Å². The van der Waals surface area contributed by atoms with Gasteiger partial charge in [-0.2, -0.15) is 0 Å². The Balaban J connectivity index is 2.02. The summed E-state index contributed by atoms with van der Waals surface area (Å²) in [4.78, 5) is 15.4. The summed E-state index contributed by atoms with van der Waals surface area (Å²) in [6, 6.07) is 4.97. The van der Waals surface area contributed by atoms with Crippen LogP contribution in [-0.2, 0) is 0 Å². The lowest BCUT2D eigenvalue weighted by atomic mass is 9.96. The molecule has 1 saturated heterocycles. The number of anilines is 1. The van der Waals surface area contributed by atoms with E-state index in [1.807, 2.05) is 6.07 Å². The molecule has 0 unspecified atom stereocenters. The van der Waals surface area contributed by atoms with Gasteiger partial charge in [0.05, 0.1) is 16.3 Å². The Morgan fingerprint density at radius 2 is 2.05 bits per heavy atom. The van der Waals surface area contributed by atoms with Crippen molar-refractivity contribution < 1.29 is 9.90 Å². The Hall–Kier alpha value is -1.26. The van der Waals surface area contributed by atoms with E-state index in [1.165, 1.54) is 6.07 Å². The first kappa shape index (κ1) is 15.1. The molecule has 0 bridgehead atoms. The van der Waals surface area contributed by atoms with Crippen molar-refractivity contribution in [3.8, 4) is 0 Å². The van der Waals surface area contributed by atoms with Gasteiger partial charge in [0.25, 0.3) is 0 Å². The van der Waals surface area contributed by atoms with E-state index in [0.29, 0.717) is 5.02 Å². The molecule has 4 nitrogen and oxygen atoms in total. The average molecular weight is 297 g/mol. The number of halogens is 1. The van der Waals surface area contributed by atoms with Crippen molar-refractivity contribution in [2.24, 2.45) is 5.92 Å². The largest absolute Gasteiger partial charge is 0.478 e. The van der Waals surface area contributed by atoms with Crippen LogP contribution in [-0.4, -0.2) is 49.7 Å². The molecule has 0 atom stereocenters. The SMILES string of the molecule is CN(C)CC1CCN(c2ccc(C(=O)O)cc2Cl)CC1. The summed E-state index contributed by atoms with van der Waals surface area (Å²) in [5.74, 6) is -0.207. The first-order chi connectivity index (χ1) is 9.47. The maximum atomic E-state index is 10.9. The van der Waals surface area contributed by atoms with Gasteiger partial charge in [0.2, 0.25) is 0 Å². The van der Waals surface area contributed by atoms with Crippen LogP contribution in [0.25, 0.3) is 0 Å². The van der Waals surface area contributed by atoms with E-state index in [0.717, 1.165) is 44.1 Å². The van der Waals surface area contributed by atoms with E-state index in [9.17, 15) is 4.79 Å². The Kier molecular flexibility index (Phi) is 4.89. The number of piperidine rings is 1. The van der Waals surface area contributed by atoms with Gasteiger partial charge in [0.1, 0.15) is 0 Å². The van der Waals surface area contributed by atoms with E-state index >= 15 is 0 Å². The number of carbonyl (C=O) groups is 1. The maximum absolute atomic E-state index is 10.9. The molecular formula is C15H21ClN2O2. The van der Waals surface area contributed by atoms with E-state index in [-0.39, 0.29) is 5.56 Å². The summed E-state index contributed by atoms with van der Waals surface area (Å²) in [6.45, 7) is 3.08. The van der Waals surface area contributed by atoms with Crippen LogP contribution in [0.3, 0.4) is 0 Å². The summed E-state index contributed by atoms with van der Waals surface area (Å²) >= 11 is 6.21. The third-order valence-electron chi connectivity index (χ3n) is 3.77. The molecule has 0 aromatic heterocycles. The maximum Gasteiger partial charge on any atom is 0.335 e. The number of hydrogen-bond acceptors (Lipinski definition) is 3. The van der Waals surface area contributed by atoms with Crippen molar-refractivity contribution in [2.75, 3.05) is 38.6 Å². The monoisotopic (exact) mass is 296 g/mol. The molecule has 0 radical (unpaired) electrons. The molecule has 0 aliphatic carbocycles. The van der Waals surface area contributed by atoms with Crippen molar-refractivity contribution >= 4 is 23.3 Å². The fourth-order valence-electron chi connectivity index (χ4n) is 2.77. The molecule has 110 valence electrons. The lowest BCUT2D eigenvalue weighted by Crippen LogP contribution is -2.37. The van der Waals surface area contributed by atoms with Crippen LogP contribution in [0.15, 0.2) is 18.2 Å². The predicted molar refractivity (Wildman–Crippen MR) is 81.9 cm³/mol. The molecule has 1 aliphatic heterocycles. The van der Waals surface area contributed by atoms with Crippen molar-refractivity contribution in [1.29, 1.82) is 0 Å². The van der Waals surface area contributed by atoms with Crippen LogP contribution in [0.2, 0.25) is 5.02 Å². The number of aromatic carboxylic acids is 1. The summed E-state index contributed by atoms with van der Waals surface area (Å²) in [6.07, 6.45) is 2.30. The van der Waals surface area contributed by atoms with Crippen LogP contribution in [0.1, 0.15) is 23.2 Å². The molecule has 5 heteroatoms. The Morgan fingerprint density at radius 1 is 1.40 bits per heavy atom. The lowest BCUT2D eigenvalue weighted by Gasteiger charge is -2.35. The minimum absolute atomic E-state index is 0.237. The van der Waals surface area contributed by atoms with Gasteiger partial charge >= 0.3 is 5.97 Å². The smallest absolute Gasteiger partial charge is 0.335 e. The van der Waals surface area contributed by atoms with Crippen molar-refractivity contribution in [1.82, 2.24) is 4.90 Å². The normalized spacial score (nSPS) is 16.7. The highest BCUT2D eigenvalue weighted by molar-refractivity contribution is 6.33. The highest BCUT2D eigenvalue weighted by Crippen LogP contribution is 2.30. The van der Waals surface area contributed by atoms with E-state index in [2.05, 4.69) is 23.9 Å². The Bertz CT molecular complexity index is 483. The summed E-state index contributed by atoms with van der Waals surface area (Å²) in [5.41, 5.74) is 1.18. The van der Waals surface area contributed by atoms with Crippen molar-refractivity contribution in [2.45, 2.75) is 12.8 Å². The zero-order valence-electron chi connectivity index (χ0n) is 12.0. The van der Waals surface area contributed by atoms with Gasteiger partial charge in [-0.05, 0) is 51.1 Å².